The predicted molar refractivity (Wildman–Crippen MR) is 75.7 cm³/mol. The maximum Gasteiger partial charge on any atom is 0.243 e. The van der Waals surface area contributed by atoms with Crippen LogP contribution in [0.25, 0.3) is 0 Å². The minimum atomic E-state index is -3.52. The number of benzene rings is 1. The van der Waals surface area contributed by atoms with Crippen molar-refractivity contribution in [2.24, 2.45) is 0 Å². The first kappa shape index (κ1) is 15.4. The fraction of sp³-hybridized carbons (Fsp3) is 0.571. The number of aliphatic hydroxyl groups excluding tert-OH is 1. The Morgan fingerprint density at radius 3 is 2.45 bits per heavy atom. The van der Waals surface area contributed by atoms with Crippen molar-refractivity contribution in [3.05, 3.63) is 29.8 Å². The SMILES string of the molecule is CC1CN(S(=O)(=O)c2ccc(CO)cc2)CC(C)(C)O1. The highest BCUT2D eigenvalue weighted by Crippen LogP contribution is 2.26. The van der Waals surface area contributed by atoms with E-state index in [1.165, 1.54) is 16.4 Å². The molecule has 112 valence electrons. The van der Waals surface area contributed by atoms with Crippen molar-refractivity contribution in [3.8, 4) is 0 Å². The van der Waals surface area contributed by atoms with Crippen molar-refractivity contribution in [2.75, 3.05) is 13.1 Å². The van der Waals surface area contributed by atoms with E-state index < -0.39 is 15.6 Å². The topological polar surface area (TPSA) is 66.8 Å². The van der Waals surface area contributed by atoms with Crippen LogP contribution in [0.1, 0.15) is 26.3 Å². The number of sulfonamides is 1. The number of morpholine rings is 1. The average Bonchev–Trinajstić information content (AvgIpc) is 2.36. The van der Waals surface area contributed by atoms with Crippen molar-refractivity contribution in [1.82, 2.24) is 4.31 Å². The quantitative estimate of drug-likeness (QED) is 0.915. The first-order valence-electron chi connectivity index (χ1n) is 6.62. The fourth-order valence-electron chi connectivity index (χ4n) is 2.49. The second-order valence-electron chi connectivity index (χ2n) is 5.79. The minimum Gasteiger partial charge on any atom is -0.392 e. The van der Waals surface area contributed by atoms with Gasteiger partial charge in [-0.1, -0.05) is 12.1 Å². The number of rotatable bonds is 3. The molecule has 2 rings (SSSR count). The second-order valence-corrected chi connectivity index (χ2v) is 7.73. The lowest BCUT2D eigenvalue weighted by molar-refractivity contribution is -0.109. The predicted octanol–water partition coefficient (Wildman–Crippen LogP) is 1.37. The maximum absolute atomic E-state index is 12.6. The molecule has 1 aliphatic rings. The summed E-state index contributed by atoms with van der Waals surface area (Å²) in [5.74, 6) is 0. The molecule has 0 radical (unpaired) electrons. The van der Waals surface area contributed by atoms with E-state index in [0.29, 0.717) is 18.7 Å². The Balaban J connectivity index is 2.29. The van der Waals surface area contributed by atoms with Gasteiger partial charge >= 0.3 is 0 Å². The summed E-state index contributed by atoms with van der Waals surface area (Å²) < 4.78 is 32.5. The lowest BCUT2D eigenvalue weighted by atomic mass is 10.1. The molecule has 1 heterocycles. The third-order valence-corrected chi connectivity index (χ3v) is 5.11. The molecule has 1 saturated heterocycles. The van der Waals surface area contributed by atoms with Crippen LogP contribution in [0.3, 0.4) is 0 Å². The molecule has 1 aromatic carbocycles. The third kappa shape index (κ3) is 3.20. The zero-order chi connectivity index (χ0) is 15.0. The summed E-state index contributed by atoms with van der Waals surface area (Å²) in [7, 11) is -3.52. The van der Waals surface area contributed by atoms with E-state index in [1.807, 2.05) is 20.8 Å². The second kappa shape index (κ2) is 5.44. The van der Waals surface area contributed by atoms with Gasteiger partial charge < -0.3 is 9.84 Å². The van der Waals surface area contributed by atoms with Gasteiger partial charge in [-0.2, -0.15) is 4.31 Å². The van der Waals surface area contributed by atoms with Crippen molar-refractivity contribution in [1.29, 1.82) is 0 Å². The van der Waals surface area contributed by atoms with E-state index in [4.69, 9.17) is 9.84 Å². The van der Waals surface area contributed by atoms with Crippen LogP contribution in [0.15, 0.2) is 29.2 Å². The molecule has 6 heteroatoms. The number of aliphatic hydroxyl groups is 1. The summed E-state index contributed by atoms with van der Waals surface area (Å²) in [5.41, 5.74) is 0.204. The van der Waals surface area contributed by atoms with Gasteiger partial charge in [-0.25, -0.2) is 8.42 Å². The summed E-state index contributed by atoms with van der Waals surface area (Å²) >= 11 is 0. The monoisotopic (exact) mass is 299 g/mol. The zero-order valence-electron chi connectivity index (χ0n) is 12.0. The third-order valence-electron chi connectivity index (χ3n) is 3.28. The Labute approximate surface area is 120 Å². The highest BCUT2D eigenvalue weighted by molar-refractivity contribution is 7.89. The molecular formula is C14H21NO4S. The Morgan fingerprint density at radius 2 is 1.95 bits per heavy atom. The fourth-order valence-corrected chi connectivity index (χ4v) is 4.16. The van der Waals surface area contributed by atoms with Gasteiger partial charge in [0.15, 0.2) is 0 Å². The molecule has 1 fully saturated rings. The summed E-state index contributed by atoms with van der Waals surface area (Å²) in [6.07, 6.45) is -0.134. The normalized spacial score (nSPS) is 23.7. The number of hydrogen-bond donors (Lipinski definition) is 1. The molecule has 1 aromatic rings. The van der Waals surface area contributed by atoms with Crippen LogP contribution in [0.2, 0.25) is 0 Å². The summed E-state index contributed by atoms with van der Waals surface area (Å²) in [5, 5.41) is 9.01. The smallest absolute Gasteiger partial charge is 0.243 e. The van der Waals surface area contributed by atoms with Crippen molar-refractivity contribution in [3.63, 3.8) is 0 Å². The maximum atomic E-state index is 12.6. The minimum absolute atomic E-state index is 0.0953. The van der Waals surface area contributed by atoms with E-state index in [0.717, 1.165) is 0 Å². The van der Waals surface area contributed by atoms with Crippen LogP contribution in [0.4, 0.5) is 0 Å². The average molecular weight is 299 g/mol. The van der Waals surface area contributed by atoms with E-state index >= 15 is 0 Å². The van der Waals surface area contributed by atoms with Crippen LogP contribution in [-0.2, 0) is 21.4 Å². The van der Waals surface area contributed by atoms with Gasteiger partial charge in [0.1, 0.15) is 0 Å². The molecule has 0 bridgehead atoms. The lowest BCUT2D eigenvalue weighted by Gasteiger charge is -2.40. The largest absolute Gasteiger partial charge is 0.392 e. The van der Waals surface area contributed by atoms with E-state index in [-0.39, 0.29) is 17.6 Å². The molecule has 0 aliphatic carbocycles. The van der Waals surface area contributed by atoms with E-state index in [9.17, 15) is 8.42 Å². The number of nitrogens with zero attached hydrogens (tertiary/aromatic N) is 1. The van der Waals surface area contributed by atoms with Gasteiger partial charge in [-0.05, 0) is 38.5 Å². The molecule has 1 N–H and O–H groups in total. The molecule has 0 spiro atoms. The number of ether oxygens (including phenoxy) is 1. The summed E-state index contributed by atoms with van der Waals surface area (Å²) in [6.45, 7) is 6.25. The highest BCUT2D eigenvalue weighted by atomic mass is 32.2. The molecule has 0 saturated carbocycles. The van der Waals surface area contributed by atoms with Gasteiger partial charge in [0, 0.05) is 13.1 Å². The van der Waals surface area contributed by atoms with E-state index in [2.05, 4.69) is 0 Å². The molecule has 5 nitrogen and oxygen atoms in total. The number of hydrogen-bond acceptors (Lipinski definition) is 4. The van der Waals surface area contributed by atoms with Crippen molar-refractivity contribution < 1.29 is 18.3 Å². The zero-order valence-corrected chi connectivity index (χ0v) is 12.9. The molecule has 1 aliphatic heterocycles. The van der Waals surface area contributed by atoms with Crippen LogP contribution >= 0.6 is 0 Å². The van der Waals surface area contributed by atoms with Crippen LogP contribution in [0, 0.1) is 0 Å². The van der Waals surface area contributed by atoms with Gasteiger partial charge in [0.2, 0.25) is 10.0 Å². The summed E-state index contributed by atoms with van der Waals surface area (Å²) in [6, 6.07) is 6.33. The van der Waals surface area contributed by atoms with Crippen LogP contribution in [0.5, 0.6) is 0 Å². The van der Waals surface area contributed by atoms with Gasteiger partial charge in [0.25, 0.3) is 0 Å². The molecule has 20 heavy (non-hydrogen) atoms. The van der Waals surface area contributed by atoms with Crippen LogP contribution < -0.4 is 0 Å². The van der Waals surface area contributed by atoms with Gasteiger partial charge in [0.05, 0.1) is 23.2 Å². The highest BCUT2D eigenvalue weighted by Gasteiger charge is 2.37. The molecule has 0 amide bonds. The standard InChI is InChI=1S/C14H21NO4S/c1-11-8-15(10-14(2,3)19-11)20(17,18)13-6-4-12(9-16)5-7-13/h4-7,11,16H,8-10H2,1-3H3. The van der Waals surface area contributed by atoms with Gasteiger partial charge in [-0.15, -0.1) is 0 Å². The van der Waals surface area contributed by atoms with Crippen LogP contribution in [-0.4, -0.2) is 42.6 Å². The molecule has 1 atom stereocenters. The molecular weight excluding hydrogens is 278 g/mol. The van der Waals surface area contributed by atoms with Gasteiger partial charge in [-0.3, -0.25) is 0 Å². The first-order chi connectivity index (χ1) is 9.24. The molecule has 1 unspecified atom stereocenters. The Bertz CT molecular complexity index is 565. The lowest BCUT2D eigenvalue weighted by Crippen LogP contribution is -2.53. The Kier molecular flexibility index (Phi) is 4.20. The first-order valence-corrected chi connectivity index (χ1v) is 8.06. The Morgan fingerprint density at radius 1 is 1.35 bits per heavy atom. The molecule has 0 aromatic heterocycles. The van der Waals surface area contributed by atoms with Crippen molar-refractivity contribution in [2.45, 2.75) is 44.0 Å². The Hall–Kier alpha value is -0.950. The summed E-state index contributed by atoms with van der Waals surface area (Å²) in [4.78, 5) is 0.250. The van der Waals surface area contributed by atoms with Crippen molar-refractivity contribution >= 4 is 10.0 Å². The van der Waals surface area contributed by atoms with E-state index in [1.54, 1.807) is 12.1 Å².